The molecule has 6 nitrogen and oxygen atoms in total. The van der Waals surface area contributed by atoms with E-state index in [1.807, 2.05) is 0 Å². The van der Waals surface area contributed by atoms with Gasteiger partial charge < -0.3 is 20.1 Å². The van der Waals surface area contributed by atoms with Crippen molar-refractivity contribution >= 4 is 0 Å². The van der Waals surface area contributed by atoms with Crippen LogP contribution < -0.4 is 5.73 Å². The minimum atomic E-state index is -0.678. The molecule has 94 valence electrons. The summed E-state index contributed by atoms with van der Waals surface area (Å²) in [4.78, 5) is 4.30. The molecule has 0 bridgehead atoms. The van der Waals surface area contributed by atoms with Crippen LogP contribution in [0, 0.1) is 0 Å². The SMILES string of the molecule is NC1(c2nc(-c3ccc(O)cc3)no2)CCOC1. The summed E-state index contributed by atoms with van der Waals surface area (Å²) in [5.74, 6) is 1.05. The molecule has 1 aromatic carbocycles. The fraction of sp³-hybridized carbons (Fsp3) is 0.333. The maximum absolute atomic E-state index is 9.22. The first-order valence-electron chi connectivity index (χ1n) is 5.68. The number of rotatable bonds is 2. The highest BCUT2D eigenvalue weighted by Gasteiger charge is 2.38. The fourth-order valence-electron chi connectivity index (χ4n) is 1.90. The molecule has 0 aliphatic carbocycles. The van der Waals surface area contributed by atoms with Crippen LogP contribution in [0.5, 0.6) is 5.75 Å². The number of nitrogens with two attached hydrogens (primary N) is 1. The molecule has 0 spiro atoms. The van der Waals surface area contributed by atoms with Gasteiger partial charge in [0.05, 0.1) is 6.61 Å². The molecule has 1 aliphatic heterocycles. The van der Waals surface area contributed by atoms with E-state index >= 15 is 0 Å². The van der Waals surface area contributed by atoms with E-state index in [4.69, 9.17) is 15.0 Å². The lowest BCUT2D eigenvalue weighted by Crippen LogP contribution is -2.37. The van der Waals surface area contributed by atoms with Crippen molar-refractivity contribution in [1.82, 2.24) is 10.1 Å². The number of phenolic OH excluding ortho intramolecular Hbond substituents is 1. The van der Waals surface area contributed by atoms with Crippen LogP contribution in [0.1, 0.15) is 12.3 Å². The van der Waals surface area contributed by atoms with Crippen molar-refractivity contribution in [2.24, 2.45) is 5.73 Å². The van der Waals surface area contributed by atoms with Gasteiger partial charge in [0.25, 0.3) is 0 Å². The number of ether oxygens (including phenoxy) is 1. The Balaban J connectivity index is 1.91. The summed E-state index contributed by atoms with van der Waals surface area (Å²) >= 11 is 0. The Morgan fingerprint density at radius 2 is 2.06 bits per heavy atom. The summed E-state index contributed by atoms with van der Waals surface area (Å²) in [5.41, 5.74) is 6.23. The fourth-order valence-corrected chi connectivity index (χ4v) is 1.90. The van der Waals surface area contributed by atoms with Gasteiger partial charge in [-0.1, -0.05) is 5.16 Å². The number of hydrogen-bond donors (Lipinski definition) is 2. The Bertz CT molecular complexity index is 544. The molecule has 2 aromatic rings. The first kappa shape index (κ1) is 11.2. The van der Waals surface area contributed by atoms with Crippen LogP contribution in [0.25, 0.3) is 11.4 Å². The molecule has 1 fully saturated rings. The maximum atomic E-state index is 9.22. The van der Waals surface area contributed by atoms with Crippen molar-refractivity contribution in [3.63, 3.8) is 0 Å². The third-order valence-corrected chi connectivity index (χ3v) is 3.03. The molecule has 3 rings (SSSR count). The lowest BCUT2D eigenvalue weighted by Gasteiger charge is -2.14. The summed E-state index contributed by atoms with van der Waals surface area (Å²) in [7, 11) is 0. The van der Waals surface area contributed by atoms with Crippen molar-refractivity contribution < 1.29 is 14.4 Å². The Hall–Kier alpha value is -1.92. The highest BCUT2D eigenvalue weighted by Crippen LogP contribution is 2.28. The first-order chi connectivity index (χ1) is 8.67. The van der Waals surface area contributed by atoms with E-state index in [0.29, 0.717) is 31.3 Å². The topological polar surface area (TPSA) is 94.4 Å². The molecule has 0 radical (unpaired) electrons. The molecular weight excluding hydrogens is 234 g/mol. The Kier molecular flexibility index (Phi) is 2.53. The van der Waals surface area contributed by atoms with Gasteiger partial charge in [0.2, 0.25) is 11.7 Å². The zero-order valence-electron chi connectivity index (χ0n) is 9.67. The molecule has 3 N–H and O–H groups in total. The predicted octanol–water partition coefficient (Wildman–Crippen LogP) is 1.02. The van der Waals surface area contributed by atoms with E-state index in [-0.39, 0.29) is 5.75 Å². The molecule has 1 unspecified atom stereocenters. The summed E-state index contributed by atoms with van der Waals surface area (Å²) < 4.78 is 10.5. The van der Waals surface area contributed by atoms with Gasteiger partial charge >= 0.3 is 0 Å². The molecule has 6 heteroatoms. The highest BCUT2D eigenvalue weighted by atomic mass is 16.5. The number of aromatic nitrogens is 2. The second-order valence-electron chi connectivity index (χ2n) is 4.43. The lowest BCUT2D eigenvalue weighted by atomic mass is 10.0. The van der Waals surface area contributed by atoms with Crippen molar-refractivity contribution in [2.45, 2.75) is 12.0 Å². The van der Waals surface area contributed by atoms with Gasteiger partial charge in [-0.05, 0) is 30.7 Å². The number of hydrogen-bond acceptors (Lipinski definition) is 6. The molecule has 18 heavy (non-hydrogen) atoms. The molecule has 0 saturated carbocycles. The quantitative estimate of drug-likeness (QED) is 0.822. The number of phenols is 1. The predicted molar refractivity (Wildman–Crippen MR) is 62.7 cm³/mol. The van der Waals surface area contributed by atoms with Crippen molar-refractivity contribution in [1.29, 1.82) is 0 Å². The van der Waals surface area contributed by atoms with E-state index in [1.165, 1.54) is 0 Å². The van der Waals surface area contributed by atoms with Crippen LogP contribution in [-0.2, 0) is 10.3 Å². The highest BCUT2D eigenvalue weighted by molar-refractivity contribution is 5.55. The maximum Gasteiger partial charge on any atom is 0.249 e. The second-order valence-corrected chi connectivity index (χ2v) is 4.43. The zero-order valence-corrected chi connectivity index (χ0v) is 9.67. The smallest absolute Gasteiger partial charge is 0.249 e. The molecule has 1 saturated heterocycles. The first-order valence-corrected chi connectivity index (χ1v) is 5.68. The van der Waals surface area contributed by atoms with Gasteiger partial charge in [-0.2, -0.15) is 4.98 Å². The number of benzene rings is 1. The summed E-state index contributed by atoms with van der Waals surface area (Å²) in [6, 6.07) is 6.58. The minimum absolute atomic E-state index is 0.196. The van der Waals surface area contributed by atoms with Crippen LogP contribution in [0.3, 0.4) is 0 Å². The van der Waals surface area contributed by atoms with Crippen molar-refractivity contribution in [3.8, 4) is 17.1 Å². The molecule has 0 amide bonds. The van der Waals surface area contributed by atoms with Crippen LogP contribution >= 0.6 is 0 Å². The van der Waals surface area contributed by atoms with Crippen LogP contribution in [0.15, 0.2) is 28.8 Å². The second kappa shape index (κ2) is 4.08. The van der Waals surface area contributed by atoms with Gasteiger partial charge in [-0.3, -0.25) is 0 Å². The third kappa shape index (κ3) is 1.85. The standard InChI is InChI=1S/C12H13N3O3/c13-12(5-6-17-7-12)11-14-10(15-18-11)8-1-3-9(16)4-2-8/h1-4,16H,5-7,13H2. The van der Waals surface area contributed by atoms with Crippen LogP contribution in [0.4, 0.5) is 0 Å². The normalized spacial score (nSPS) is 23.4. The average molecular weight is 247 g/mol. The summed E-state index contributed by atoms with van der Waals surface area (Å²) in [6.07, 6.45) is 0.671. The van der Waals surface area contributed by atoms with Crippen molar-refractivity contribution in [3.05, 3.63) is 30.2 Å². The lowest BCUT2D eigenvalue weighted by molar-refractivity contribution is 0.166. The monoisotopic (exact) mass is 247 g/mol. The Morgan fingerprint density at radius 1 is 1.28 bits per heavy atom. The Labute approximate surface area is 103 Å². The third-order valence-electron chi connectivity index (χ3n) is 3.03. The number of aromatic hydroxyl groups is 1. The molecule has 1 atom stereocenters. The zero-order chi connectivity index (χ0) is 12.6. The average Bonchev–Trinajstić information content (AvgIpc) is 2.99. The summed E-state index contributed by atoms with van der Waals surface area (Å²) in [6.45, 7) is 0.998. The van der Waals surface area contributed by atoms with Gasteiger partial charge in [-0.25, -0.2) is 0 Å². The van der Waals surface area contributed by atoms with E-state index in [0.717, 1.165) is 5.56 Å². The molecular formula is C12H13N3O3. The molecule has 1 aromatic heterocycles. The Morgan fingerprint density at radius 3 is 2.72 bits per heavy atom. The van der Waals surface area contributed by atoms with Gasteiger partial charge in [0.15, 0.2) is 0 Å². The van der Waals surface area contributed by atoms with E-state index in [9.17, 15) is 5.11 Å². The van der Waals surface area contributed by atoms with Crippen LogP contribution in [-0.4, -0.2) is 28.5 Å². The number of nitrogens with zero attached hydrogens (tertiary/aromatic N) is 2. The van der Waals surface area contributed by atoms with E-state index in [2.05, 4.69) is 10.1 Å². The summed E-state index contributed by atoms with van der Waals surface area (Å²) in [5, 5.41) is 13.1. The van der Waals surface area contributed by atoms with Crippen LogP contribution in [0.2, 0.25) is 0 Å². The minimum Gasteiger partial charge on any atom is -0.508 e. The van der Waals surface area contributed by atoms with Crippen molar-refractivity contribution in [2.75, 3.05) is 13.2 Å². The molecule has 1 aliphatic rings. The van der Waals surface area contributed by atoms with Gasteiger partial charge in [0.1, 0.15) is 11.3 Å². The molecule has 2 heterocycles. The van der Waals surface area contributed by atoms with E-state index < -0.39 is 5.54 Å². The van der Waals surface area contributed by atoms with E-state index in [1.54, 1.807) is 24.3 Å². The largest absolute Gasteiger partial charge is 0.508 e. The van der Waals surface area contributed by atoms with Gasteiger partial charge in [0, 0.05) is 12.2 Å². The van der Waals surface area contributed by atoms with Gasteiger partial charge in [-0.15, -0.1) is 0 Å².